The number of anilines is 1. The van der Waals surface area contributed by atoms with Gasteiger partial charge in [0.05, 0.1) is 7.11 Å². The molecule has 6 heteroatoms. The van der Waals surface area contributed by atoms with Crippen LogP contribution in [-0.4, -0.2) is 18.1 Å². The number of carbonyl (C=O) groups excluding carboxylic acids is 1. The number of carbonyl (C=O) groups is 1. The first-order valence-corrected chi connectivity index (χ1v) is 7.67. The van der Waals surface area contributed by atoms with Gasteiger partial charge in [-0.15, -0.1) is 0 Å². The first-order valence-electron chi connectivity index (χ1n) is 6.59. The van der Waals surface area contributed by atoms with Gasteiger partial charge in [-0.25, -0.2) is 0 Å². The van der Waals surface area contributed by atoms with Crippen molar-refractivity contribution in [2.24, 2.45) is 0 Å². The number of ether oxygens (including phenoxy) is 1. The monoisotopic (exact) mass is 420 g/mol. The van der Waals surface area contributed by atoms with Crippen LogP contribution in [0.15, 0.2) is 48.0 Å². The van der Waals surface area contributed by atoms with Gasteiger partial charge in [-0.3, -0.25) is 4.79 Å². The molecule has 23 heavy (non-hydrogen) atoms. The molecule has 0 aliphatic carbocycles. The first kappa shape index (κ1) is 16.8. The minimum atomic E-state index is -0.509. The molecule has 2 rings (SSSR count). The SMILES string of the molecule is COc1ccc(/C=C(\C#N)C(=O)Nc2cccc(I)c2)cc1O. The first-order chi connectivity index (χ1) is 11.0. The van der Waals surface area contributed by atoms with Crippen LogP contribution in [-0.2, 0) is 4.79 Å². The lowest BCUT2D eigenvalue weighted by Gasteiger charge is -2.06. The maximum atomic E-state index is 12.2. The number of aromatic hydroxyl groups is 1. The van der Waals surface area contributed by atoms with Crippen LogP contribution in [0.25, 0.3) is 6.08 Å². The van der Waals surface area contributed by atoms with E-state index < -0.39 is 5.91 Å². The van der Waals surface area contributed by atoms with Gasteiger partial charge in [-0.1, -0.05) is 12.1 Å². The number of hydrogen-bond donors (Lipinski definition) is 2. The molecule has 0 saturated heterocycles. The van der Waals surface area contributed by atoms with Gasteiger partial charge in [0.2, 0.25) is 0 Å². The van der Waals surface area contributed by atoms with Crippen molar-refractivity contribution in [3.63, 3.8) is 0 Å². The Bertz CT molecular complexity index is 810. The normalized spacial score (nSPS) is 10.7. The Morgan fingerprint density at radius 3 is 2.74 bits per heavy atom. The highest BCUT2D eigenvalue weighted by molar-refractivity contribution is 14.1. The van der Waals surface area contributed by atoms with Gasteiger partial charge in [-0.05, 0) is 64.6 Å². The largest absolute Gasteiger partial charge is 0.504 e. The van der Waals surface area contributed by atoms with E-state index in [4.69, 9.17) is 4.74 Å². The molecule has 2 aromatic rings. The number of hydrogen-bond acceptors (Lipinski definition) is 4. The number of rotatable bonds is 4. The third-order valence-electron chi connectivity index (χ3n) is 2.96. The molecular weight excluding hydrogens is 407 g/mol. The Hall–Kier alpha value is -2.53. The average Bonchev–Trinajstić information content (AvgIpc) is 2.52. The van der Waals surface area contributed by atoms with E-state index in [1.807, 2.05) is 18.2 Å². The Morgan fingerprint density at radius 2 is 2.13 bits per heavy atom. The van der Waals surface area contributed by atoms with Crippen molar-refractivity contribution in [2.45, 2.75) is 0 Å². The van der Waals surface area contributed by atoms with E-state index >= 15 is 0 Å². The third-order valence-corrected chi connectivity index (χ3v) is 3.63. The van der Waals surface area contributed by atoms with Crippen molar-refractivity contribution in [1.82, 2.24) is 0 Å². The second kappa shape index (κ2) is 7.65. The summed E-state index contributed by atoms with van der Waals surface area (Å²) in [4.78, 5) is 12.2. The number of nitrogens with zero attached hydrogens (tertiary/aromatic N) is 1. The lowest BCUT2D eigenvalue weighted by atomic mass is 10.1. The van der Waals surface area contributed by atoms with Crippen molar-refractivity contribution in [2.75, 3.05) is 12.4 Å². The maximum absolute atomic E-state index is 12.2. The highest BCUT2D eigenvalue weighted by Crippen LogP contribution is 2.27. The van der Waals surface area contributed by atoms with Gasteiger partial charge >= 0.3 is 0 Å². The molecule has 116 valence electrons. The Labute approximate surface area is 147 Å². The molecule has 0 saturated carbocycles. The predicted octanol–water partition coefficient (Wildman–Crippen LogP) is 3.55. The van der Waals surface area contributed by atoms with E-state index in [0.717, 1.165) is 3.57 Å². The van der Waals surface area contributed by atoms with E-state index in [1.54, 1.807) is 24.3 Å². The van der Waals surface area contributed by atoms with Crippen molar-refractivity contribution in [3.05, 3.63) is 57.2 Å². The van der Waals surface area contributed by atoms with E-state index in [2.05, 4.69) is 27.9 Å². The summed E-state index contributed by atoms with van der Waals surface area (Å²) in [6.45, 7) is 0. The van der Waals surface area contributed by atoms with Crippen LogP contribution in [0, 0.1) is 14.9 Å². The minimum Gasteiger partial charge on any atom is -0.504 e. The average molecular weight is 420 g/mol. The highest BCUT2D eigenvalue weighted by atomic mass is 127. The van der Waals surface area contributed by atoms with Crippen LogP contribution in [0.1, 0.15) is 5.56 Å². The standard InChI is InChI=1S/C17H13IN2O3/c1-23-16-6-5-11(8-15(16)21)7-12(10-19)17(22)20-14-4-2-3-13(18)9-14/h2-9,21H,1H3,(H,20,22)/b12-7+. The number of phenolic OH excluding ortho intramolecular Hbond substituents is 1. The van der Waals surface area contributed by atoms with Crippen molar-refractivity contribution in [3.8, 4) is 17.6 Å². The lowest BCUT2D eigenvalue weighted by Crippen LogP contribution is -2.13. The molecule has 2 aromatic carbocycles. The number of nitrogens with one attached hydrogen (secondary N) is 1. The zero-order valence-electron chi connectivity index (χ0n) is 12.2. The summed E-state index contributed by atoms with van der Waals surface area (Å²) in [6.07, 6.45) is 1.41. The molecule has 1 amide bonds. The summed E-state index contributed by atoms with van der Waals surface area (Å²) in [5.41, 5.74) is 1.08. The van der Waals surface area contributed by atoms with Crippen LogP contribution in [0.2, 0.25) is 0 Å². The molecule has 0 aliphatic heterocycles. The molecule has 0 atom stereocenters. The summed E-state index contributed by atoms with van der Waals surface area (Å²) in [5.74, 6) is -0.245. The summed E-state index contributed by atoms with van der Waals surface area (Å²) in [6, 6.07) is 13.8. The molecule has 0 radical (unpaired) electrons. The van der Waals surface area contributed by atoms with Crippen LogP contribution >= 0.6 is 22.6 Å². The Balaban J connectivity index is 2.23. The third kappa shape index (κ3) is 4.47. The molecule has 0 aromatic heterocycles. The van der Waals surface area contributed by atoms with Gasteiger partial charge in [0, 0.05) is 9.26 Å². The van der Waals surface area contributed by atoms with E-state index in [0.29, 0.717) is 17.0 Å². The fourth-order valence-corrected chi connectivity index (χ4v) is 2.42. The molecule has 5 nitrogen and oxygen atoms in total. The van der Waals surface area contributed by atoms with Gasteiger partial charge < -0.3 is 15.2 Å². The van der Waals surface area contributed by atoms with Gasteiger partial charge in [-0.2, -0.15) is 5.26 Å². The molecule has 0 unspecified atom stereocenters. The molecule has 0 heterocycles. The fourth-order valence-electron chi connectivity index (χ4n) is 1.88. The maximum Gasteiger partial charge on any atom is 0.266 e. The molecule has 0 aliphatic rings. The van der Waals surface area contributed by atoms with Gasteiger partial charge in [0.15, 0.2) is 11.5 Å². The fraction of sp³-hybridized carbons (Fsp3) is 0.0588. The van der Waals surface area contributed by atoms with Gasteiger partial charge in [0.1, 0.15) is 11.6 Å². The smallest absolute Gasteiger partial charge is 0.266 e. The number of halogens is 1. The second-order valence-electron chi connectivity index (χ2n) is 4.57. The number of benzene rings is 2. The lowest BCUT2D eigenvalue weighted by molar-refractivity contribution is -0.112. The number of nitriles is 1. The van der Waals surface area contributed by atoms with Crippen LogP contribution in [0.5, 0.6) is 11.5 Å². The Kier molecular flexibility index (Phi) is 5.60. The molecule has 0 spiro atoms. The molecule has 0 bridgehead atoms. The van der Waals surface area contributed by atoms with Crippen LogP contribution in [0.4, 0.5) is 5.69 Å². The quantitative estimate of drug-likeness (QED) is 0.450. The van der Waals surface area contributed by atoms with Crippen molar-refractivity contribution < 1.29 is 14.6 Å². The number of methoxy groups -OCH3 is 1. The summed E-state index contributed by atoms with van der Waals surface area (Å²) in [5, 5.41) is 21.6. The minimum absolute atomic E-state index is 0.0587. The Morgan fingerprint density at radius 1 is 1.35 bits per heavy atom. The summed E-state index contributed by atoms with van der Waals surface area (Å²) in [7, 11) is 1.44. The zero-order valence-corrected chi connectivity index (χ0v) is 14.4. The van der Waals surface area contributed by atoms with Crippen molar-refractivity contribution >= 4 is 40.3 Å². The van der Waals surface area contributed by atoms with E-state index in [9.17, 15) is 15.2 Å². The molecular formula is C17H13IN2O3. The van der Waals surface area contributed by atoms with E-state index in [1.165, 1.54) is 19.3 Å². The van der Waals surface area contributed by atoms with Crippen LogP contribution < -0.4 is 10.1 Å². The van der Waals surface area contributed by atoms with Gasteiger partial charge in [0.25, 0.3) is 5.91 Å². The molecule has 0 fully saturated rings. The number of phenols is 1. The molecule has 2 N–H and O–H groups in total. The zero-order chi connectivity index (χ0) is 16.8. The predicted molar refractivity (Wildman–Crippen MR) is 96.0 cm³/mol. The van der Waals surface area contributed by atoms with E-state index in [-0.39, 0.29) is 11.3 Å². The highest BCUT2D eigenvalue weighted by Gasteiger charge is 2.10. The topological polar surface area (TPSA) is 82.3 Å². The van der Waals surface area contributed by atoms with Crippen LogP contribution in [0.3, 0.4) is 0 Å². The van der Waals surface area contributed by atoms with Crippen molar-refractivity contribution in [1.29, 1.82) is 5.26 Å². The number of amides is 1. The second-order valence-corrected chi connectivity index (χ2v) is 5.81. The summed E-state index contributed by atoms with van der Waals surface area (Å²) < 4.78 is 5.93. The summed E-state index contributed by atoms with van der Waals surface area (Å²) >= 11 is 2.14.